The Hall–Kier alpha value is -1.83. The molecule has 0 saturated heterocycles. The summed E-state index contributed by atoms with van der Waals surface area (Å²) in [5, 5.41) is 10.3. The third-order valence-corrected chi connectivity index (χ3v) is 5.01. The van der Waals surface area contributed by atoms with Crippen LogP contribution in [0.15, 0.2) is 45.9 Å². The maximum Gasteiger partial charge on any atom is 0.240 e. The van der Waals surface area contributed by atoms with Crippen LogP contribution in [0.25, 0.3) is 0 Å². The number of furan rings is 1. The number of hydrogen-bond donors (Lipinski definition) is 2. The SMILES string of the molecule is COc1ccc(S(=O)(=O)NC[C@@](C)(O)Cc2ccco2)c(C)c1. The molecule has 126 valence electrons. The molecule has 0 radical (unpaired) electrons. The summed E-state index contributed by atoms with van der Waals surface area (Å²) in [6.07, 6.45) is 1.72. The Kier molecular flexibility index (Phi) is 5.13. The summed E-state index contributed by atoms with van der Waals surface area (Å²) < 4.78 is 37.5. The van der Waals surface area contributed by atoms with Crippen molar-refractivity contribution >= 4 is 10.0 Å². The summed E-state index contributed by atoms with van der Waals surface area (Å²) >= 11 is 0. The maximum atomic E-state index is 12.4. The first-order chi connectivity index (χ1) is 10.7. The summed E-state index contributed by atoms with van der Waals surface area (Å²) in [6.45, 7) is 3.12. The lowest BCUT2D eigenvalue weighted by molar-refractivity contribution is 0.0603. The van der Waals surface area contributed by atoms with Gasteiger partial charge in [-0.3, -0.25) is 0 Å². The number of benzene rings is 1. The molecule has 0 unspecified atom stereocenters. The number of nitrogens with one attached hydrogen (secondary N) is 1. The second-order valence-corrected chi connectivity index (χ2v) is 7.44. The topological polar surface area (TPSA) is 88.8 Å². The van der Waals surface area contributed by atoms with Gasteiger partial charge in [-0.05, 0) is 49.7 Å². The zero-order valence-corrected chi connectivity index (χ0v) is 14.2. The molecule has 0 spiro atoms. The maximum absolute atomic E-state index is 12.4. The first-order valence-electron chi connectivity index (χ1n) is 7.12. The summed E-state index contributed by atoms with van der Waals surface area (Å²) in [5.74, 6) is 1.18. The molecule has 1 aromatic heterocycles. The molecule has 1 aromatic carbocycles. The number of aryl methyl sites for hydroxylation is 1. The van der Waals surface area contributed by atoms with Crippen LogP contribution in [0.2, 0.25) is 0 Å². The molecule has 0 aliphatic heterocycles. The van der Waals surface area contributed by atoms with Gasteiger partial charge in [-0.25, -0.2) is 13.1 Å². The minimum atomic E-state index is -3.72. The lowest BCUT2D eigenvalue weighted by atomic mass is 10.0. The summed E-state index contributed by atoms with van der Waals surface area (Å²) in [7, 11) is -2.20. The van der Waals surface area contributed by atoms with E-state index in [4.69, 9.17) is 9.15 Å². The van der Waals surface area contributed by atoms with Crippen molar-refractivity contribution in [2.45, 2.75) is 30.8 Å². The van der Waals surface area contributed by atoms with Crippen LogP contribution in [0.3, 0.4) is 0 Å². The number of aliphatic hydroxyl groups is 1. The van der Waals surface area contributed by atoms with E-state index < -0.39 is 15.6 Å². The van der Waals surface area contributed by atoms with Gasteiger partial charge in [0, 0.05) is 13.0 Å². The monoisotopic (exact) mass is 339 g/mol. The minimum absolute atomic E-state index is 0.124. The van der Waals surface area contributed by atoms with Gasteiger partial charge < -0.3 is 14.3 Å². The van der Waals surface area contributed by atoms with Gasteiger partial charge in [0.2, 0.25) is 10.0 Å². The van der Waals surface area contributed by atoms with E-state index in [0.29, 0.717) is 17.1 Å². The predicted octanol–water partition coefficient (Wildman–Crippen LogP) is 1.87. The summed E-state index contributed by atoms with van der Waals surface area (Å²) in [6, 6.07) is 8.17. The Labute approximate surface area is 136 Å². The van der Waals surface area contributed by atoms with Crippen LogP contribution >= 0.6 is 0 Å². The van der Waals surface area contributed by atoms with Crippen molar-refractivity contribution in [2.24, 2.45) is 0 Å². The van der Waals surface area contributed by atoms with E-state index in [1.165, 1.54) is 19.4 Å². The Balaban J connectivity index is 2.09. The Morgan fingerprint density at radius 2 is 2.09 bits per heavy atom. The molecule has 6 nitrogen and oxygen atoms in total. The Morgan fingerprint density at radius 1 is 1.35 bits per heavy atom. The highest BCUT2D eigenvalue weighted by Gasteiger charge is 2.26. The van der Waals surface area contributed by atoms with Crippen LogP contribution in [0.5, 0.6) is 5.75 Å². The second kappa shape index (κ2) is 6.74. The van der Waals surface area contributed by atoms with Gasteiger partial charge >= 0.3 is 0 Å². The quantitative estimate of drug-likeness (QED) is 0.804. The fourth-order valence-electron chi connectivity index (χ4n) is 2.23. The molecule has 1 heterocycles. The van der Waals surface area contributed by atoms with Crippen LogP contribution in [-0.4, -0.2) is 32.8 Å². The normalized spacial score (nSPS) is 14.4. The zero-order chi connectivity index (χ0) is 17.1. The van der Waals surface area contributed by atoms with Gasteiger partial charge in [0.05, 0.1) is 23.9 Å². The first kappa shape index (κ1) is 17.5. The van der Waals surface area contributed by atoms with E-state index in [1.807, 2.05) is 0 Å². The van der Waals surface area contributed by atoms with Crippen LogP contribution < -0.4 is 9.46 Å². The molecule has 0 aliphatic carbocycles. The summed E-state index contributed by atoms with van der Waals surface area (Å²) in [4.78, 5) is 0.159. The zero-order valence-electron chi connectivity index (χ0n) is 13.4. The van der Waals surface area contributed by atoms with E-state index in [1.54, 1.807) is 38.1 Å². The average Bonchev–Trinajstić information content (AvgIpc) is 2.97. The fourth-order valence-corrected chi connectivity index (χ4v) is 3.62. The van der Waals surface area contributed by atoms with E-state index in [-0.39, 0.29) is 17.9 Å². The van der Waals surface area contributed by atoms with Crippen molar-refractivity contribution < 1.29 is 22.7 Å². The third kappa shape index (κ3) is 4.57. The molecule has 0 bridgehead atoms. The number of methoxy groups -OCH3 is 1. The van der Waals surface area contributed by atoms with E-state index >= 15 is 0 Å². The second-order valence-electron chi connectivity index (χ2n) is 5.71. The van der Waals surface area contributed by atoms with Gasteiger partial charge in [-0.1, -0.05) is 0 Å². The lowest BCUT2D eigenvalue weighted by Gasteiger charge is -2.22. The average molecular weight is 339 g/mol. The van der Waals surface area contributed by atoms with Crippen molar-refractivity contribution in [3.63, 3.8) is 0 Å². The molecular formula is C16H21NO5S. The highest BCUT2D eigenvalue weighted by molar-refractivity contribution is 7.89. The molecule has 2 rings (SSSR count). The van der Waals surface area contributed by atoms with Gasteiger partial charge in [0.1, 0.15) is 11.5 Å². The standard InChI is InChI=1S/C16H21NO5S/c1-12-9-13(21-3)6-7-15(12)23(19,20)17-11-16(2,18)10-14-5-4-8-22-14/h4-9,17-18H,10-11H2,1-3H3/t16-/m0/s1. The van der Waals surface area contributed by atoms with Crippen LogP contribution in [0.1, 0.15) is 18.2 Å². The van der Waals surface area contributed by atoms with Crippen LogP contribution in [-0.2, 0) is 16.4 Å². The van der Waals surface area contributed by atoms with Crippen LogP contribution in [0, 0.1) is 6.92 Å². The molecule has 0 aliphatic rings. The smallest absolute Gasteiger partial charge is 0.240 e. The fraction of sp³-hybridized carbons (Fsp3) is 0.375. The van der Waals surface area contributed by atoms with Gasteiger partial charge in [-0.2, -0.15) is 0 Å². The summed E-state index contributed by atoms with van der Waals surface area (Å²) in [5.41, 5.74) is -0.687. The van der Waals surface area contributed by atoms with Crippen LogP contribution in [0.4, 0.5) is 0 Å². The van der Waals surface area contributed by atoms with E-state index in [0.717, 1.165) is 0 Å². The van der Waals surface area contributed by atoms with Crippen molar-refractivity contribution in [1.82, 2.24) is 4.72 Å². The third-order valence-electron chi connectivity index (χ3n) is 3.45. The number of ether oxygens (including phenoxy) is 1. The van der Waals surface area contributed by atoms with E-state index in [9.17, 15) is 13.5 Å². The minimum Gasteiger partial charge on any atom is -0.497 e. The highest BCUT2D eigenvalue weighted by Crippen LogP contribution is 2.21. The van der Waals surface area contributed by atoms with E-state index in [2.05, 4.69) is 4.72 Å². The highest BCUT2D eigenvalue weighted by atomic mass is 32.2. The molecule has 2 N–H and O–H groups in total. The molecule has 1 atom stereocenters. The van der Waals surface area contributed by atoms with Gasteiger partial charge in [0.25, 0.3) is 0 Å². The molecule has 23 heavy (non-hydrogen) atoms. The molecular weight excluding hydrogens is 318 g/mol. The molecule has 2 aromatic rings. The largest absolute Gasteiger partial charge is 0.497 e. The lowest BCUT2D eigenvalue weighted by Crippen LogP contribution is -2.42. The van der Waals surface area contributed by atoms with Crippen molar-refractivity contribution in [1.29, 1.82) is 0 Å². The Bertz CT molecular complexity index is 751. The first-order valence-corrected chi connectivity index (χ1v) is 8.61. The van der Waals surface area contributed by atoms with Gasteiger partial charge in [0.15, 0.2) is 0 Å². The molecule has 0 fully saturated rings. The number of sulfonamides is 1. The number of hydrogen-bond acceptors (Lipinski definition) is 5. The molecule has 0 saturated carbocycles. The van der Waals surface area contributed by atoms with Crippen molar-refractivity contribution in [2.75, 3.05) is 13.7 Å². The van der Waals surface area contributed by atoms with Gasteiger partial charge in [-0.15, -0.1) is 0 Å². The molecule has 7 heteroatoms. The molecule has 0 amide bonds. The van der Waals surface area contributed by atoms with Crippen molar-refractivity contribution in [3.8, 4) is 5.75 Å². The Morgan fingerprint density at radius 3 is 2.65 bits per heavy atom. The predicted molar refractivity (Wildman–Crippen MR) is 86.0 cm³/mol. The number of rotatable bonds is 7. The van der Waals surface area contributed by atoms with Crippen molar-refractivity contribution in [3.05, 3.63) is 47.9 Å².